The predicted octanol–water partition coefficient (Wildman–Crippen LogP) is 3.84. The number of nitro groups is 1. The van der Waals surface area contributed by atoms with Gasteiger partial charge in [-0.2, -0.15) is 0 Å². The van der Waals surface area contributed by atoms with E-state index in [9.17, 15) is 19.7 Å². The van der Waals surface area contributed by atoms with Gasteiger partial charge in [0.25, 0.3) is 5.69 Å². The Morgan fingerprint density at radius 3 is 2.32 bits per heavy atom. The summed E-state index contributed by atoms with van der Waals surface area (Å²) >= 11 is 0. The van der Waals surface area contributed by atoms with Crippen molar-refractivity contribution in [3.8, 4) is 5.75 Å². The minimum atomic E-state index is -0.913. The van der Waals surface area contributed by atoms with Crippen LogP contribution in [0.4, 0.5) is 10.5 Å². The van der Waals surface area contributed by atoms with Crippen LogP contribution in [0.2, 0.25) is 0 Å². The van der Waals surface area contributed by atoms with Gasteiger partial charge in [0, 0.05) is 12.1 Å². The molecule has 0 aliphatic carbocycles. The average Bonchev–Trinajstić information content (AvgIpc) is 2.71. The van der Waals surface area contributed by atoms with Gasteiger partial charge in [-0.25, -0.2) is 9.59 Å². The van der Waals surface area contributed by atoms with E-state index in [0.29, 0.717) is 6.42 Å². The molecular formula is C20H22N2O6. The molecule has 0 fully saturated rings. The molecular weight excluding hydrogens is 364 g/mol. The van der Waals surface area contributed by atoms with Crippen LogP contribution in [0, 0.1) is 16.0 Å². The minimum absolute atomic E-state index is 0.0807. The Morgan fingerprint density at radius 1 is 1.11 bits per heavy atom. The molecule has 0 unspecified atom stereocenters. The number of benzene rings is 2. The highest BCUT2D eigenvalue weighted by Gasteiger charge is 2.28. The van der Waals surface area contributed by atoms with Crippen molar-refractivity contribution in [3.05, 3.63) is 70.3 Å². The number of alkyl carbamates (subject to hydrolysis) is 1. The molecule has 0 spiro atoms. The zero-order chi connectivity index (χ0) is 20.5. The van der Waals surface area contributed by atoms with Crippen LogP contribution in [0.3, 0.4) is 0 Å². The molecule has 0 saturated heterocycles. The first kappa shape index (κ1) is 20.9. The van der Waals surface area contributed by atoms with E-state index in [4.69, 9.17) is 9.47 Å². The summed E-state index contributed by atoms with van der Waals surface area (Å²) in [5.41, 5.74) is 0.715. The maximum absolute atomic E-state index is 12.5. The molecule has 0 aliphatic rings. The molecule has 1 amide bonds. The maximum atomic E-state index is 12.5. The number of nitrogens with zero attached hydrogens (tertiary/aromatic N) is 1. The van der Waals surface area contributed by atoms with Crippen LogP contribution in [0.5, 0.6) is 5.75 Å². The Hall–Kier alpha value is -3.42. The monoisotopic (exact) mass is 386 g/mol. The lowest BCUT2D eigenvalue weighted by Gasteiger charge is -2.22. The molecule has 0 aliphatic heterocycles. The van der Waals surface area contributed by atoms with E-state index in [2.05, 4.69) is 5.32 Å². The number of rotatable bonds is 8. The van der Waals surface area contributed by atoms with Crippen molar-refractivity contribution in [2.75, 3.05) is 0 Å². The quantitative estimate of drug-likeness (QED) is 0.320. The lowest BCUT2D eigenvalue weighted by molar-refractivity contribution is -0.384. The molecule has 8 heteroatoms. The number of non-ortho nitro benzene ring substituents is 1. The second kappa shape index (κ2) is 10.1. The Morgan fingerprint density at radius 2 is 1.75 bits per heavy atom. The van der Waals surface area contributed by atoms with Crippen molar-refractivity contribution in [1.82, 2.24) is 5.32 Å². The fraction of sp³-hybridized carbons (Fsp3) is 0.300. The molecule has 0 saturated carbocycles. The van der Waals surface area contributed by atoms with E-state index in [0.717, 1.165) is 5.56 Å². The molecule has 0 heterocycles. The summed E-state index contributed by atoms with van der Waals surface area (Å²) in [7, 11) is 0. The lowest BCUT2D eigenvalue weighted by Crippen LogP contribution is -2.47. The van der Waals surface area contributed by atoms with E-state index in [1.54, 1.807) is 6.92 Å². The second-order valence-electron chi connectivity index (χ2n) is 6.24. The van der Waals surface area contributed by atoms with Crippen LogP contribution in [-0.2, 0) is 16.1 Å². The average molecular weight is 386 g/mol. The minimum Gasteiger partial charge on any atom is -0.445 e. The second-order valence-corrected chi connectivity index (χ2v) is 6.24. The molecule has 2 rings (SSSR count). The van der Waals surface area contributed by atoms with Gasteiger partial charge in [-0.05, 0) is 23.6 Å². The van der Waals surface area contributed by atoms with Crippen LogP contribution in [0.15, 0.2) is 54.6 Å². The number of carbonyl (C=O) groups excluding carboxylic acids is 2. The summed E-state index contributed by atoms with van der Waals surface area (Å²) in [5.74, 6) is -0.710. The summed E-state index contributed by atoms with van der Waals surface area (Å²) in [4.78, 5) is 34.8. The number of esters is 1. The number of carbonyl (C=O) groups is 2. The largest absolute Gasteiger partial charge is 0.445 e. The van der Waals surface area contributed by atoms with Crippen LogP contribution in [0.25, 0.3) is 0 Å². The van der Waals surface area contributed by atoms with Gasteiger partial charge in [0.1, 0.15) is 18.4 Å². The Labute approximate surface area is 162 Å². The van der Waals surface area contributed by atoms with E-state index < -0.39 is 23.0 Å². The molecule has 2 aromatic carbocycles. The van der Waals surface area contributed by atoms with Gasteiger partial charge < -0.3 is 14.8 Å². The Balaban J connectivity index is 1.98. The normalized spacial score (nSPS) is 12.5. The number of hydrogen-bond donors (Lipinski definition) is 1. The third-order valence-electron chi connectivity index (χ3n) is 4.22. The van der Waals surface area contributed by atoms with E-state index in [1.807, 2.05) is 37.3 Å². The van der Waals surface area contributed by atoms with Crippen molar-refractivity contribution in [2.45, 2.75) is 32.9 Å². The number of ether oxygens (including phenoxy) is 2. The molecule has 2 aromatic rings. The summed E-state index contributed by atoms with van der Waals surface area (Å²) in [6, 6.07) is 13.4. The molecule has 1 N–H and O–H groups in total. The van der Waals surface area contributed by atoms with E-state index >= 15 is 0 Å². The van der Waals surface area contributed by atoms with Crippen molar-refractivity contribution in [2.24, 2.45) is 5.92 Å². The highest BCUT2D eigenvalue weighted by molar-refractivity contribution is 5.83. The van der Waals surface area contributed by atoms with Gasteiger partial charge in [0.2, 0.25) is 0 Å². The summed E-state index contributed by atoms with van der Waals surface area (Å²) in [6.45, 7) is 3.77. The fourth-order valence-corrected chi connectivity index (χ4v) is 2.38. The first-order valence-corrected chi connectivity index (χ1v) is 8.84. The highest BCUT2D eigenvalue weighted by Crippen LogP contribution is 2.19. The van der Waals surface area contributed by atoms with Crippen LogP contribution < -0.4 is 10.1 Å². The third kappa shape index (κ3) is 6.08. The van der Waals surface area contributed by atoms with Crippen molar-refractivity contribution >= 4 is 17.7 Å². The highest BCUT2D eigenvalue weighted by atomic mass is 16.6. The van der Waals surface area contributed by atoms with Gasteiger partial charge in [0.05, 0.1) is 4.92 Å². The number of amides is 1. The zero-order valence-corrected chi connectivity index (χ0v) is 15.7. The smallest absolute Gasteiger partial charge is 0.408 e. The van der Waals surface area contributed by atoms with Gasteiger partial charge >= 0.3 is 12.1 Å². The molecule has 148 valence electrons. The topological polar surface area (TPSA) is 108 Å². The predicted molar refractivity (Wildman–Crippen MR) is 102 cm³/mol. The molecule has 2 atom stereocenters. The van der Waals surface area contributed by atoms with Gasteiger partial charge in [-0.15, -0.1) is 0 Å². The van der Waals surface area contributed by atoms with Gasteiger partial charge in [-0.1, -0.05) is 50.6 Å². The van der Waals surface area contributed by atoms with Gasteiger partial charge in [0.15, 0.2) is 0 Å². The first-order valence-electron chi connectivity index (χ1n) is 8.84. The number of hydrogen-bond acceptors (Lipinski definition) is 6. The summed E-state index contributed by atoms with van der Waals surface area (Å²) < 4.78 is 10.4. The van der Waals surface area contributed by atoms with E-state index in [1.165, 1.54) is 24.3 Å². The molecule has 0 radical (unpaired) electrons. The zero-order valence-electron chi connectivity index (χ0n) is 15.7. The molecule has 0 aromatic heterocycles. The molecule has 8 nitrogen and oxygen atoms in total. The number of nitro benzene ring substituents is 1. The third-order valence-corrected chi connectivity index (χ3v) is 4.22. The maximum Gasteiger partial charge on any atom is 0.408 e. The van der Waals surface area contributed by atoms with Crippen molar-refractivity contribution < 1.29 is 24.0 Å². The fourth-order valence-electron chi connectivity index (χ4n) is 2.38. The Bertz CT molecular complexity index is 807. The molecule has 0 bridgehead atoms. The first-order chi connectivity index (χ1) is 13.4. The SMILES string of the molecule is CC[C@@H](C)[C@H](NC(=O)OCc1ccccc1)C(=O)Oc1ccc([N+](=O)[O-])cc1. The van der Waals surface area contributed by atoms with Crippen LogP contribution in [0.1, 0.15) is 25.8 Å². The lowest BCUT2D eigenvalue weighted by atomic mass is 9.99. The summed E-state index contributed by atoms with van der Waals surface area (Å²) in [6.07, 6.45) is -0.103. The number of nitrogens with one attached hydrogen (secondary N) is 1. The van der Waals surface area contributed by atoms with Crippen LogP contribution >= 0.6 is 0 Å². The van der Waals surface area contributed by atoms with E-state index in [-0.39, 0.29) is 24.0 Å². The standard InChI is InChI=1S/C20H22N2O6/c1-3-14(2)18(21-20(24)27-13-15-7-5-4-6-8-15)19(23)28-17-11-9-16(10-12-17)22(25)26/h4-12,14,18H,3,13H2,1-2H3,(H,21,24)/t14-,18+/m1/s1. The van der Waals surface area contributed by atoms with Crippen molar-refractivity contribution in [3.63, 3.8) is 0 Å². The Kier molecular flexibility index (Phi) is 7.50. The summed E-state index contributed by atoms with van der Waals surface area (Å²) in [5, 5.41) is 13.2. The molecule has 28 heavy (non-hydrogen) atoms. The van der Waals surface area contributed by atoms with Gasteiger partial charge in [-0.3, -0.25) is 10.1 Å². The van der Waals surface area contributed by atoms with Crippen molar-refractivity contribution in [1.29, 1.82) is 0 Å². The van der Waals surface area contributed by atoms with Crippen LogP contribution in [-0.4, -0.2) is 23.0 Å².